The first-order valence-electron chi connectivity index (χ1n) is 8.86. The first kappa shape index (κ1) is 22.7. The van der Waals surface area contributed by atoms with E-state index in [4.69, 9.17) is 16.8 Å². The number of pyridine rings is 1. The molecule has 29 heavy (non-hydrogen) atoms. The zero-order valence-electron chi connectivity index (χ0n) is 15.8. The summed E-state index contributed by atoms with van der Waals surface area (Å²) >= 11 is 6.28. The first-order chi connectivity index (χ1) is 13.5. The average Bonchev–Trinajstić information content (AvgIpc) is 3.16. The number of hydrogen-bond acceptors (Lipinski definition) is 5. The lowest BCUT2D eigenvalue weighted by atomic mass is 10.1. The Morgan fingerprint density at radius 3 is 2.83 bits per heavy atom. The van der Waals surface area contributed by atoms with Crippen molar-refractivity contribution in [2.45, 2.75) is 19.4 Å². The molecule has 1 aromatic heterocycles. The Balaban J connectivity index is 0.00000300. The molecule has 1 aliphatic rings. The SMILES string of the molecule is Cc1cccc(C(=O)N2CC[C@@H](Nc3ncc(C=CC(=O)NO)cc3Cl)C2)c1.Cl. The van der Waals surface area contributed by atoms with Gasteiger partial charge in [-0.2, -0.15) is 0 Å². The van der Waals surface area contributed by atoms with E-state index in [2.05, 4.69) is 10.3 Å². The molecule has 3 N–H and O–H groups in total. The number of amides is 2. The predicted molar refractivity (Wildman–Crippen MR) is 115 cm³/mol. The Hall–Kier alpha value is -2.61. The van der Waals surface area contributed by atoms with Crippen LogP contribution in [0.25, 0.3) is 6.08 Å². The minimum absolute atomic E-state index is 0. The summed E-state index contributed by atoms with van der Waals surface area (Å²) in [6, 6.07) is 9.30. The third-order valence-corrected chi connectivity index (χ3v) is 4.77. The van der Waals surface area contributed by atoms with E-state index < -0.39 is 5.91 Å². The summed E-state index contributed by atoms with van der Waals surface area (Å²) in [5.41, 5.74) is 3.89. The summed E-state index contributed by atoms with van der Waals surface area (Å²) in [4.78, 5) is 29.8. The number of hydrogen-bond donors (Lipinski definition) is 3. The van der Waals surface area contributed by atoms with Crippen molar-refractivity contribution in [1.29, 1.82) is 0 Å². The highest BCUT2D eigenvalue weighted by molar-refractivity contribution is 6.33. The molecule has 154 valence electrons. The van der Waals surface area contributed by atoms with Crippen LogP contribution in [0.5, 0.6) is 0 Å². The fourth-order valence-electron chi connectivity index (χ4n) is 3.08. The van der Waals surface area contributed by atoms with Crippen molar-refractivity contribution >= 4 is 47.7 Å². The number of aryl methyl sites for hydroxylation is 1. The van der Waals surface area contributed by atoms with Crippen molar-refractivity contribution in [3.8, 4) is 0 Å². The molecule has 2 aromatic rings. The van der Waals surface area contributed by atoms with Crippen molar-refractivity contribution in [3.63, 3.8) is 0 Å². The molecule has 2 amide bonds. The first-order valence-corrected chi connectivity index (χ1v) is 9.24. The Bertz CT molecular complexity index is 920. The van der Waals surface area contributed by atoms with Crippen molar-refractivity contribution in [2.75, 3.05) is 18.4 Å². The Labute approximate surface area is 180 Å². The molecule has 2 heterocycles. The van der Waals surface area contributed by atoms with Crippen molar-refractivity contribution < 1.29 is 14.8 Å². The summed E-state index contributed by atoms with van der Waals surface area (Å²) < 4.78 is 0. The van der Waals surface area contributed by atoms with Crippen molar-refractivity contribution in [2.24, 2.45) is 0 Å². The monoisotopic (exact) mass is 436 g/mol. The number of rotatable bonds is 5. The maximum absolute atomic E-state index is 12.7. The number of hydroxylamine groups is 1. The number of anilines is 1. The molecule has 0 aliphatic carbocycles. The van der Waals surface area contributed by atoms with E-state index in [0.717, 1.165) is 12.0 Å². The molecule has 3 rings (SSSR count). The second-order valence-corrected chi connectivity index (χ2v) is 7.07. The van der Waals surface area contributed by atoms with Crippen LogP contribution >= 0.6 is 24.0 Å². The third kappa shape index (κ3) is 5.93. The van der Waals surface area contributed by atoms with E-state index in [1.807, 2.05) is 36.1 Å². The number of nitrogens with one attached hydrogen (secondary N) is 2. The van der Waals surface area contributed by atoms with Gasteiger partial charge in [-0.25, -0.2) is 10.5 Å². The van der Waals surface area contributed by atoms with Crippen molar-refractivity contribution in [3.05, 3.63) is 64.3 Å². The standard InChI is InChI=1S/C20H21ClN4O3.ClH/c1-13-3-2-4-15(9-13)20(27)25-8-7-16(12-25)23-19-17(21)10-14(11-22-19)5-6-18(26)24-28;/h2-6,9-11,16,28H,7-8,12H2,1H3,(H,22,23)(H,24,26);1H/t16-;/m1./s1. The third-order valence-electron chi connectivity index (χ3n) is 4.48. The Morgan fingerprint density at radius 2 is 2.14 bits per heavy atom. The van der Waals surface area contributed by atoms with Gasteiger partial charge in [0.1, 0.15) is 5.82 Å². The van der Waals surface area contributed by atoms with E-state index in [-0.39, 0.29) is 24.4 Å². The van der Waals surface area contributed by atoms with Gasteiger partial charge >= 0.3 is 0 Å². The van der Waals surface area contributed by atoms with E-state index in [9.17, 15) is 9.59 Å². The molecule has 0 unspecified atom stereocenters. The van der Waals surface area contributed by atoms with Gasteiger partial charge in [-0.3, -0.25) is 14.8 Å². The highest BCUT2D eigenvalue weighted by atomic mass is 35.5. The number of nitrogens with zero attached hydrogens (tertiary/aromatic N) is 2. The van der Waals surface area contributed by atoms with Crippen molar-refractivity contribution in [1.82, 2.24) is 15.4 Å². The fourth-order valence-corrected chi connectivity index (χ4v) is 3.31. The second kappa shape index (κ2) is 10.2. The van der Waals surface area contributed by atoms with Gasteiger partial charge in [0.25, 0.3) is 11.8 Å². The number of carbonyl (C=O) groups is 2. The highest BCUT2D eigenvalue weighted by Crippen LogP contribution is 2.24. The van der Waals surface area contributed by atoms with Gasteiger partial charge in [-0.15, -0.1) is 12.4 Å². The van der Waals surface area contributed by atoms with Crippen LogP contribution < -0.4 is 10.8 Å². The lowest BCUT2D eigenvalue weighted by molar-refractivity contribution is -0.124. The summed E-state index contributed by atoms with van der Waals surface area (Å²) in [5, 5.41) is 12.2. The van der Waals surface area contributed by atoms with Crippen LogP contribution in [0.15, 0.2) is 42.6 Å². The number of likely N-dealkylation sites (tertiary alicyclic amines) is 1. The van der Waals surface area contributed by atoms with Gasteiger partial charge < -0.3 is 10.2 Å². The molecular formula is C20H22Cl2N4O3. The smallest absolute Gasteiger partial charge is 0.267 e. The molecule has 1 fully saturated rings. The molecule has 1 saturated heterocycles. The normalized spacial score (nSPS) is 15.8. The predicted octanol–water partition coefficient (Wildman–Crippen LogP) is 3.31. The molecule has 1 atom stereocenters. The number of benzene rings is 1. The van der Waals surface area contributed by atoms with Crippen LogP contribution in [-0.4, -0.2) is 46.0 Å². The van der Waals surface area contributed by atoms with Gasteiger partial charge in [0.05, 0.1) is 5.02 Å². The lowest BCUT2D eigenvalue weighted by Gasteiger charge is -2.18. The maximum atomic E-state index is 12.7. The van der Waals surface area contributed by atoms with E-state index >= 15 is 0 Å². The van der Waals surface area contributed by atoms with Gasteiger partial charge in [0.2, 0.25) is 0 Å². The molecule has 0 radical (unpaired) electrons. The maximum Gasteiger partial charge on any atom is 0.267 e. The molecule has 0 spiro atoms. The van der Waals surface area contributed by atoms with Gasteiger partial charge in [0.15, 0.2) is 0 Å². The Morgan fingerprint density at radius 1 is 1.34 bits per heavy atom. The van der Waals surface area contributed by atoms with E-state index in [1.54, 1.807) is 12.3 Å². The minimum Gasteiger partial charge on any atom is -0.364 e. The molecule has 9 heteroatoms. The molecule has 1 aliphatic heterocycles. The van der Waals surface area contributed by atoms with Gasteiger partial charge in [-0.1, -0.05) is 29.3 Å². The molecular weight excluding hydrogens is 415 g/mol. The Kier molecular flexibility index (Phi) is 8.01. The van der Waals surface area contributed by atoms with Crippen LogP contribution in [0.2, 0.25) is 5.02 Å². The number of halogens is 2. The molecule has 7 nitrogen and oxygen atoms in total. The van der Waals surface area contributed by atoms with Gasteiger partial charge in [-0.05, 0) is 43.2 Å². The van der Waals surface area contributed by atoms with Crippen LogP contribution in [0.1, 0.15) is 27.9 Å². The zero-order chi connectivity index (χ0) is 20.1. The van der Waals surface area contributed by atoms with Crippen LogP contribution in [0.3, 0.4) is 0 Å². The molecule has 0 saturated carbocycles. The average molecular weight is 437 g/mol. The fraction of sp³-hybridized carbons (Fsp3) is 0.250. The van der Waals surface area contributed by atoms with Crippen LogP contribution in [0.4, 0.5) is 5.82 Å². The van der Waals surface area contributed by atoms with E-state index in [1.165, 1.54) is 17.6 Å². The summed E-state index contributed by atoms with van der Waals surface area (Å²) in [7, 11) is 0. The summed E-state index contributed by atoms with van der Waals surface area (Å²) in [5.74, 6) is -0.0855. The van der Waals surface area contributed by atoms with Crippen LogP contribution in [-0.2, 0) is 4.79 Å². The van der Waals surface area contributed by atoms with Gasteiger partial charge in [0, 0.05) is 37.0 Å². The van der Waals surface area contributed by atoms with E-state index in [0.29, 0.717) is 35.1 Å². The highest BCUT2D eigenvalue weighted by Gasteiger charge is 2.27. The molecule has 0 bridgehead atoms. The largest absolute Gasteiger partial charge is 0.364 e. The quantitative estimate of drug-likeness (QED) is 0.379. The number of carbonyl (C=O) groups excluding carboxylic acids is 2. The molecule has 1 aromatic carbocycles. The second-order valence-electron chi connectivity index (χ2n) is 6.66. The van der Waals surface area contributed by atoms with Crippen LogP contribution in [0, 0.1) is 6.92 Å². The zero-order valence-corrected chi connectivity index (χ0v) is 17.3. The summed E-state index contributed by atoms with van der Waals surface area (Å²) in [6.07, 6.45) is 5.03. The minimum atomic E-state index is -0.636. The topological polar surface area (TPSA) is 94.6 Å². The lowest BCUT2D eigenvalue weighted by Crippen LogP contribution is -2.31. The number of aromatic nitrogens is 1. The summed E-state index contributed by atoms with van der Waals surface area (Å²) in [6.45, 7) is 3.20.